The number of aromatic nitrogens is 1. The van der Waals surface area contributed by atoms with Gasteiger partial charge in [0.25, 0.3) is 5.91 Å². The van der Waals surface area contributed by atoms with Crippen molar-refractivity contribution in [3.63, 3.8) is 0 Å². The number of pyridine rings is 1. The van der Waals surface area contributed by atoms with Crippen molar-refractivity contribution in [3.05, 3.63) is 94.8 Å². The van der Waals surface area contributed by atoms with E-state index in [9.17, 15) is 4.79 Å². The molecule has 6 heteroatoms. The maximum Gasteiger partial charge on any atom is 0.257 e. The molecule has 3 rings (SSSR count). The van der Waals surface area contributed by atoms with Crippen LogP contribution in [0.15, 0.2) is 78.0 Å². The SMILES string of the molecule is CC[C@@H](C)c1ccc(NC(=NCc2ccncc2)NC(=O)c2ccc(Cl)cc2)cc1. The number of anilines is 1. The molecular formula is C24H25ClN4O. The highest BCUT2D eigenvalue weighted by atomic mass is 35.5. The van der Waals surface area contributed by atoms with Crippen LogP contribution in [0.25, 0.3) is 0 Å². The molecule has 0 aliphatic rings. The number of rotatable bonds is 6. The second kappa shape index (κ2) is 10.6. The summed E-state index contributed by atoms with van der Waals surface area (Å²) in [6.45, 7) is 4.79. The molecule has 0 radical (unpaired) electrons. The number of nitrogens with one attached hydrogen (secondary N) is 2. The maximum absolute atomic E-state index is 12.7. The van der Waals surface area contributed by atoms with Gasteiger partial charge >= 0.3 is 0 Å². The molecule has 2 N–H and O–H groups in total. The standard InChI is InChI=1S/C24H25ClN4O/c1-3-17(2)19-6-10-22(11-7-19)28-24(27-16-18-12-14-26-15-13-18)29-23(30)20-4-8-21(25)9-5-20/h4-15,17H,3,16H2,1-2H3,(H2,27,28,29,30)/t17-/m1/s1. The smallest absolute Gasteiger partial charge is 0.257 e. The van der Waals surface area contributed by atoms with Crippen LogP contribution < -0.4 is 10.6 Å². The van der Waals surface area contributed by atoms with Crippen LogP contribution in [0.4, 0.5) is 5.69 Å². The van der Waals surface area contributed by atoms with Gasteiger partial charge in [-0.3, -0.25) is 15.1 Å². The number of guanidine groups is 1. The topological polar surface area (TPSA) is 66.4 Å². The van der Waals surface area contributed by atoms with Crippen molar-refractivity contribution >= 4 is 29.2 Å². The van der Waals surface area contributed by atoms with Gasteiger partial charge in [0.2, 0.25) is 5.96 Å². The van der Waals surface area contributed by atoms with E-state index in [1.165, 1.54) is 5.56 Å². The average Bonchev–Trinajstić information content (AvgIpc) is 2.78. The molecule has 0 aliphatic heterocycles. The Morgan fingerprint density at radius 2 is 1.70 bits per heavy atom. The number of carbonyl (C=O) groups is 1. The fourth-order valence-electron chi connectivity index (χ4n) is 2.82. The number of carbonyl (C=O) groups excluding carboxylic acids is 1. The summed E-state index contributed by atoms with van der Waals surface area (Å²) in [6.07, 6.45) is 4.53. The van der Waals surface area contributed by atoms with Gasteiger partial charge in [-0.25, -0.2) is 4.99 Å². The van der Waals surface area contributed by atoms with Crippen molar-refractivity contribution in [1.29, 1.82) is 0 Å². The van der Waals surface area contributed by atoms with Crippen LogP contribution in [0.1, 0.15) is 47.7 Å². The first-order valence-electron chi connectivity index (χ1n) is 9.92. The lowest BCUT2D eigenvalue weighted by Gasteiger charge is -2.14. The molecule has 3 aromatic rings. The number of aliphatic imine (C=N–C) groups is 1. The van der Waals surface area contributed by atoms with Crippen LogP contribution in [-0.4, -0.2) is 16.9 Å². The first kappa shape index (κ1) is 21.5. The molecule has 0 aliphatic carbocycles. The van der Waals surface area contributed by atoms with E-state index in [0.29, 0.717) is 29.0 Å². The van der Waals surface area contributed by atoms with Crippen LogP contribution in [0.3, 0.4) is 0 Å². The highest BCUT2D eigenvalue weighted by Crippen LogP contribution is 2.20. The van der Waals surface area contributed by atoms with Crippen molar-refractivity contribution in [1.82, 2.24) is 10.3 Å². The predicted molar refractivity (Wildman–Crippen MR) is 123 cm³/mol. The van der Waals surface area contributed by atoms with Crippen LogP contribution in [0.2, 0.25) is 5.02 Å². The van der Waals surface area contributed by atoms with Gasteiger partial charge in [-0.2, -0.15) is 0 Å². The minimum Gasteiger partial charge on any atom is -0.326 e. The van der Waals surface area contributed by atoms with Gasteiger partial charge in [-0.05, 0) is 72.0 Å². The number of hydrogen-bond donors (Lipinski definition) is 2. The monoisotopic (exact) mass is 420 g/mol. The Kier molecular flexibility index (Phi) is 7.57. The summed E-state index contributed by atoms with van der Waals surface area (Å²) in [6, 6.07) is 18.7. The van der Waals surface area contributed by atoms with Crippen molar-refractivity contribution in [2.45, 2.75) is 32.7 Å². The number of benzene rings is 2. The minimum atomic E-state index is -0.260. The van der Waals surface area contributed by atoms with E-state index in [-0.39, 0.29) is 5.91 Å². The molecule has 0 saturated carbocycles. The van der Waals surface area contributed by atoms with E-state index in [1.807, 2.05) is 24.3 Å². The molecule has 30 heavy (non-hydrogen) atoms. The Hall–Kier alpha value is -3.18. The van der Waals surface area contributed by atoms with Gasteiger partial charge in [0.05, 0.1) is 6.54 Å². The van der Waals surface area contributed by atoms with E-state index < -0.39 is 0 Å². The molecule has 0 fully saturated rings. The first-order chi connectivity index (χ1) is 14.5. The van der Waals surface area contributed by atoms with Crippen molar-refractivity contribution in [3.8, 4) is 0 Å². The number of nitrogens with zero attached hydrogens (tertiary/aromatic N) is 2. The second-order valence-corrected chi connectivity index (χ2v) is 7.47. The third-order valence-corrected chi connectivity index (χ3v) is 5.11. The summed E-state index contributed by atoms with van der Waals surface area (Å²) in [4.78, 5) is 21.3. The number of halogens is 1. The highest BCUT2D eigenvalue weighted by Gasteiger charge is 2.10. The Labute approximate surface area is 182 Å². The summed E-state index contributed by atoms with van der Waals surface area (Å²) >= 11 is 5.92. The number of hydrogen-bond acceptors (Lipinski definition) is 3. The van der Waals surface area contributed by atoms with Gasteiger partial charge in [0.15, 0.2) is 0 Å². The first-order valence-corrected chi connectivity index (χ1v) is 10.3. The van der Waals surface area contributed by atoms with Gasteiger partial charge in [-0.1, -0.05) is 37.6 Å². The van der Waals surface area contributed by atoms with Crippen molar-refractivity contribution in [2.75, 3.05) is 5.32 Å². The fourth-order valence-corrected chi connectivity index (χ4v) is 2.94. The molecule has 5 nitrogen and oxygen atoms in total. The lowest BCUT2D eigenvalue weighted by atomic mass is 9.99. The van der Waals surface area contributed by atoms with E-state index in [1.54, 1.807) is 36.7 Å². The summed E-state index contributed by atoms with van der Waals surface area (Å²) in [7, 11) is 0. The van der Waals surface area contributed by atoms with Gasteiger partial charge in [0.1, 0.15) is 0 Å². The number of amides is 1. The zero-order valence-corrected chi connectivity index (χ0v) is 17.9. The quantitative estimate of drug-likeness (QED) is 0.400. The largest absolute Gasteiger partial charge is 0.326 e. The van der Waals surface area contributed by atoms with Crippen molar-refractivity contribution in [2.24, 2.45) is 4.99 Å². The van der Waals surface area contributed by atoms with E-state index in [2.05, 4.69) is 46.6 Å². The summed E-state index contributed by atoms with van der Waals surface area (Å²) in [5.41, 5.74) is 3.64. The zero-order chi connectivity index (χ0) is 21.3. The second-order valence-electron chi connectivity index (χ2n) is 7.04. The molecule has 1 amide bonds. The Balaban J connectivity index is 1.78. The zero-order valence-electron chi connectivity index (χ0n) is 17.1. The van der Waals surface area contributed by atoms with Gasteiger partial charge in [-0.15, -0.1) is 0 Å². The van der Waals surface area contributed by atoms with Crippen molar-refractivity contribution < 1.29 is 4.79 Å². The lowest BCUT2D eigenvalue weighted by Crippen LogP contribution is -2.36. The Morgan fingerprint density at radius 1 is 1.03 bits per heavy atom. The molecular weight excluding hydrogens is 396 g/mol. The minimum absolute atomic E-state index is 0.260. The summed E-state index contributed by atoms with van der Waals surface area (Å²) in [5, 5.41) is 6.66. The average molecular weight is 421 g/mol. The highest BCUT2D eigenvalue weighted by molar-refractivity contribution is 6.30. The van der Waals surface area contributed by atoms with Gasteiger partial charge in [0, 0.05) is 28.7 Å². The summed E-state index contributed by atoms with van der Waals surface area (Å²) < 4.78 is 0. The molecule has 0 saturated heterocycles. The maximum atomic E-state index is 12.7. The molecule has 0 spiro atoms. The molecule has 1 atom stereocenters. The molecule has 1 aromatic heterocycles. The van der Waals surface area contributed by atoms with Crippen LogP contribution >= 0.6 is 11.6 Å². The van der Waals surface area contributed by atoms with E-state index in [0.717, 1.165) is 17.7 Å². The molecule has 1 heterocycles. The van der Waals surface area contributed by atoms with E-state index >= 15 is 0 Å². The molecule has 0 unspecified atom stereocenters. The van der Waals surface area contributed by atoms with Gasteiger partial charge < -0.3 is 5.32 Å². The van der Waals surface area contributed by atoms with E-state index in [4.69, 9.17) is 11.6 Å². The third kappa shape index (κ3) is 6.16. The predicted octanol–water partition coefficient (Wildman–Crippen LogP) is 5.65. The lowest BCUT2D eigenvalue weighted by molar-refractivity contribution is 0.0977. The fraction of sp³-hybridized carbons (Fsp3) is 0.208. The van der Waals surface area contributed by atoms with Crippen LogP contribution in [0.5, 0.6) is 0 Å². The Bertz CT molecular complexity index is 986. The molecule has 154 valence electrons. The molecule has 2 aromatic carbocycles. The molecule has 0 bridgehead atoms. The van der Waals surface area contributed by atoms with Crippen LogP contribution in [-0.2, 0) is 6.54 Å². The van der Waals surface area contributed by atoms with Crippen LogP contribution in [0, 0.1) is 0 Å². The normalized spacial score (nSPS) is 12.3. The Morgan fingerprint density at radius 3 is 2.33 bits per heavy atom. The summed E-state index contributed by atoms with van der Waals surface area (Å²) in [5.74, 6) is 0.621. The third-order valence-electron chi connectivity index (χ3n) is 4.86.